The molecule has 2 aromatic heterocycles. The third-order valence-electron chi connectivity index (χ3n) is 5.97. The van der Waals surface area contributed by atoms with Gasteiger partial charge >= 0.3 is 5.97 Å². The van der Waals surface area contributed by atoms with E-state index in [0.29, 0.717) is 11.6 Å². The number of fused-ring (bicyclic) bond motifs is 3. The Hall–Kier alpha value is -3.78. The lowest BCUT2D eigenvalue weighted by atomic mass is 9.97. The molecule has 0 saturated heterocycles. The number of aliphatic carboxylic acids is 1. The van der Waals surface area contributed by atoms with Gasteiger partial charge in [0.25, 0.3) is 0 Å². The Bertz CT molecular complexity index is 1400. The Morgan fingerprint density at radius 1 is 0.970 bits per heavy atom. The van der Waals surface area contributed by atoms with Crippen LogP contribution in [0.25, 0.3) is 16.1 Å². The number of carboxylic acids is 1. The minimum atomic E-state index is -0.934. The first kappa shape index (κ1) is 21.1. The lowest BCUT2D eigenvalue weighted by Gasteiger charge is -2.11. The normalized spacial score (nSPS) is 14.9. The van der Waals surface area contributed by atoms with Crippen molar-refractivity contribution in [2.24, 2.45) is 4.99 Å². The first-order valence-electron chi connectivity index (χ1n) is 10.6. The molecule has 1 aliphatic rings. The highest BCUT2D eigenvalue weighted by Gasteiger charge is 2.32. The fraction of sp³-hybridized carbons (Fsp3) is 0.200. The fourth-order valence-corrected chi connectivity index (χ4v) is 5.38. The Kier molecular flexibility index (Phi) is 5.09. The van der Waals surface area contributed by atoms with Gasteiger partial charge in [-0.3, -0.25) is 14.4 Å². The van der Waals surface area contributed by atoms with Crippen molar-refractivity contribution in [3.63, 3.8) is 0 Å². The van der Waals surface area contributed by atoms with Gasteiger partial charge in [-0.15, -0.1) is 21.5 Å². The number of thiophene rings is 1. The van der Waals surface area contributed by atoms with E-state index in [1.165, 1.54) is 4.88 Å². The smallest absolute Gasteiger partial charge is 0.306 e. The van der Waals surface area contributed by atoms with E-state index in [-0.39, 0.29) is 12.2 Å². The number of carboxylic acid groups (broad SMARTS) is 1. The summed E-state index contributed by atoms with van der Waals surface area (Å²) in [6.07, 6.45) is -0.166. The van der Waals surface area contributed by atoms with E-state index in [2.05, 4.69) is 24.0 Å². The third-order valence-corrected chi connectivity index (χ3v) is 7.16. The molecule has 0 unspecified atom stereocenters. The number of aromatic nitrogens is 3. The van der Waals surface area contributed by atoms with Crippen LogP contribution in [0, 0.1) is 20.8 Å². The molecule has 166 valence electrons. The van der Waals surface area contributed by atoms with Gasteiger partial charge in [-0.05, 0) is 49.6 Å². The zero-order valence-corrected chi connectivity index (χ0v) is 19.2. The first-order valence-corrected chi connectivity index (χ1v) is 11.4. The maximum Gasteiger partial charge on any atom is 0.306 e. The second-order valence-electron chi connectivity index (χ2n) is 8.12. The van der Waals surface area contributed by atoms with Crippen LogP contribution in [0.15, 0.2) is 53.5 Å². The van der Waals surface area contributed by atoms with Crippen LogP contribution >= 0.6 is 11.3 Å². The molecule has 3 heterocycles. The summed E-state index contributed by atoms with van der Waals surface area (Å²) in [7, 11) is 0. The minimum Gasteiger partial charge on any atom is -0.508 e. The van der Waals surface area contributed by atoms with Crippen LogP contribution in [0.3, 0.4) is 0 Å². The number of carbonyl (C=O) groups is 1. The van der Waals surface area contributed by atoms with Crippen LogP contribution in [0.1, 0.15) is 45.7 Å². The van der Waals surface area contributed by atoms with E-state index in [9.17, 15) is 15.0 Å². The van der Waals surface area contributed by atoms with Crippen molar-refractivity contribution in [3.8, 4) is 21.9 Å². The number of benzene rings is 2. The van der Waals surface area contributed by atoms with Crippen LogP contribution in [0.5, 0.6) is 5.75 Å². The standard InChI is InChI=1S/C25H22N4O3S/c1-13-14(2)33-25-22(13)23(26-20(12-21(31)32)24-28-27-15(3)29(24)25)18-6-4-16(5-7-18)17-8-10-19(30)11-9-17/h4-11,20,30H,12H2,1-3H3,(H,31,32)/t20-/m0/s1. The highest BCUT2D eigenvalue weighted by atomic mass is 32.1. The van der Waals surface area contributed by atoms with Crippen molar-refractivity contribution in [1.29, 1.82) is 0 Å². The van der Waals surface area contributed by atoms with E-state index >= 15 is 0 Å². The molecule has 2 aromatic carbocycles. The van der Waals surface area contributed by atoms with Gasteiger partial charge in [0.2, 0.25) is 0 Å². The van der Waals surface area contributed by atoms with E-state index in [0.717, 1.165) is 38.5 Å². The third kappa shape index (κ3) is 3.62. The van der Waals surface area contributed by atoms with E-state index in [4.69, 9.17) is 4.99 Å². The number of hydrogen-bond acceptors (Lipinski definition) is 6. The summed E-state index contributed by atoms with van der Waals surface area (Å²) in [6, 6.07) is 14.5. The van der Waals surface area contributed by atoms with Crippen LogP contribution in [-0.4, -0.2) is 36.7 Å². The summed E-state index contributed by atoms with van der Waals surface area (Å²) in [5.41, 5.74) is 5.79. The number of hydrogen-bond donors (Lipinski definition) is 2. The second-order valence-corrected chi connectivity index (χ2v) is 9.32. The van der Waals surface area contributed by atoms with Crippen LogP contribution < -0.4 is 0 Å². The Morgan fingerprint density at radius 2 is 1.58 bits per heavy atom. The Labute approximate surface area is 194 Å². The Morgan fingerprint density at radius 3 is 2.21 bits per heavy atom. The number of aliphatic imine (C=N–C) groups is 1. The van der Waals surface area contributed by atoms with Crippen molar-refractivity contribution >= 4 is 23.0 Å². The molecule has 0 aliphatic carbocycles. The zero-order chi connectivity index (χ0) is 23.3. The molecule has 7 nitrogen and oxygen atoms in total. The Balaban J connectivity index is 1.68. The van der Waals surface area contributed by atoms with Gasteiger partial charge in [0, 0.05) is 16.0 Å². The number of nitrogens with zero attached hydrogens (tertiary/aromatic N) is 4. The van der Waals surface area contributed by atoms with Gasteiger partial charge in [0.05, 0.1) is 12.1 Å². The largest absolute Gasteiger partial charge is 0.508 e. The molecule has 0 saturated carbocycles. The van der Waals surface area contributed by atoms with Gasteiger partial charge in [0.15, 0.2) is 5.82 Å². The van der Waals surface area contributed by atoms with Crippen molar-refractivity contribution in [3.05, 3.63) is 81.7 Å². The maximum atomic E-state index is 11.7. The molecule has 0 fully saturated rings. The zero-order valence-electron chi connectivity index (χ0n) is 18.4. The number of phenols is 1. The predicted octanol–water partition coefficient (Wildman–Crippen LogP) is 4.99. The number of aromatic hydroxyl groups is 1. The summed E-state index contributed by atoms with van der Waals surface area (Å²) >= 11 is 1.64. The van der Waals surface area contributed by atoms with Gasteiger partial charge in [-0.25, -0.2) is 0 Å². The molecule has 2 N–H and O–H groups in total. The number of rotatable bonds is 4. The predicted molar refractivity (Wildman–Crippen MR) is 128 cm³/mol. The molecule has 4 aromatic rings. The number of aryl methyl sites for hydroxylation is 2. The summed E-state index contributed by atoms with van der Waals surface area (Å²) in [5.74, 6) is 0.553. The molecule has 0 spiro atoms. The van der Waals surface area contributed by atoms with Gasteiger partial charge in [0.1, 0.15) is 22.6 Å². The van der Waals surface area contributed by atoms with E-state index in [1.807, 2.05) is 47.9 Å². The molecule has 0 radical (unpaired) electrons. The van der Waals surface area contributed by atoms with Gasteiger partial charge in [-0.2, -0.15) is 0 Å². The fourth-order valence-electron chi connectivity index (χ4n) is 4.16. The van der Waals surface area contributed by atoms with Crippen LogP contribution in [-0.2, 0) is 4.79 Å². The summed E-state index contributed by atoms with van der Waals surface area (Å²) < 4.78 is 1.95. The second kappa shape index (κ2) is 7.97. The summed E-state index contributed by atoms with van der Waals surface area (Å²) in [4.78, 5) is 17.8. The summed E-state index contributed by atoms with van der Waals surface area (Å²) in [6.45, 7) is 6.02. The van der Waals surface area contributed by atoms with Crippen molar-refractivity contribution in [1.82, 2.24) is 14.8 Å². The minimum absolute atomic E-state index is 0.166. The highest BCUT2D eigenvalue weighted by Crippen LogP contribution is 2.39. The average molecular weight is 459 g/mol. The molecule has 0 bridgehead atoms. The molecule has 8 heteroatoms. The molecule has 5 rings (SSSR count). The molecule has 1 atom stereocenters. The molecule has 33 heavy (non-hydrogen) atoms. The van der Waals surface area contributed by atoms with Crippen LogP contribution in [0.4, 0.5) is 0 Å². The van der Waals surface area contributed by atoms with E-state index < -0.39 is 12.0 Å². The summed E-state index contributed by atoms with van der Waals surface area (Å²) in [5, 5.41) is 28.6. The van der Waals surface area contributed by atoms with Gasteiger partial charge in [-0.1, -0.05) is 36.4 Å². The monoisotopic (exact) mass is 458 g/mol. The average Bonchev–Trinajstić information content (AvgIpc) is 3.26. The lowest BCUT2D eigenvalue weighted by Crippen LogP contribution is -2.10. The van der Waals surface area contributed by atoms with Crippen LogP contribution in [0.2, 0.25) is 0 Å². The maximum absolute atomic E-state index is 11.7. The molecular formula is C25H22N4O3S. The SMILES string of the molecule is Cc1sc2c(c1C)C(c1ccc(-c3ccc(O)cc3)cc1)=N[C@@H](CC(=O)O)c1nnc(C)n1-2. The lowest BCUT2D eigenvalue weighted by molar-refractivity contribution is -0.137. The number of phenolic OH excluding ortho intramolecular Hbond substituents is 1. The molecular weight excluding hydrogens is 436 g/mol. The quantitative estimate of drug-likeness (QED) is 0.449. The van der Waals surface area contributed by atoms with Crippen molar-refractivity contribution < 1.29 is 15.0 Å². The van der Waals surface area contributed by atoms with Crippen molar-refractivity contribution in [2.45, 2.75) is 33.2 Å². The van der Waals surface area contributed by atoms with E-state index in [1.54, 1.807) is 23.5 Å². The topological polar surface area (TPSA) is 101 Å². The highest BCUT2D eigenvalue weighted by molar-refractivity contribution is 7.15. The van der Waals surface area contributed by atoms with Crippen molar-refractivity contribution in [2.75, 3.05) is 0 Å². The first-order chi connectivity index (χ1) is 15.8. The molecule has 1 aliphatic heterocycles. The van der Waals surface area contributed by atoms with Gasteiger partial charge < -0.3 is 10.2 Å². The molecule has 0 amide bonds.